The Labute approximate surface area is 133 Å². The van der Waals surface area contributed by atoms with Gasteiger partial charge in [0.1, 0.15) is 0 Å². The molecule has 0 fully saturated rings. The van der Waals surface area contributed by atoms with E-state index in [1.165, 1.54) is 0 Å². The van der Waals surface area contributed by atoms with Gasteiger partial charge in [-0.05, 0) is 29.8 Å². The quantitative estimate of drug-likeness (QED) is 0.688. The summed E-state index contributed by atoms with van der Waals surface area (Å²) in [6, 6.07) is 11.1. The van der Waals surface area contributed by atoms with Crippen molar-refractivity contribution in [2.45, 2.75) is 6.54 Å². The van der Waals surface area contributed by atoms with Crippen molar-refractivity contribution in [1.82, 2.24) is 20.3 Å². The summed E-state index contributed by atoms with van der Waals surface area (Å²) < 4.78 is 0. The van der Waals surface area contributed by atoms with Crippen molar-refractivity contribution < 1.29 is 4.79 Å². The molecule has 0 radical (unpaired) electrons. The van der Waals surface area contributed by atoms with Gasteiger partial charge in [0.15, 0.2) is 5.65 Å². The zero-order chi connectivity index (χ0) is 16.1. The van der Waals surface area contributed by atoms with Crippen LogP contribution >= 0.6 is 0 Å². The molecule has 7 heteroatoms. The van der Waals surface area contributed by atoms with Crippen LogP contribution in [0.1, 0.15) is 5.56 Å². The number of rotatable bonds is 4. The normalized spacial score (nSPS) is 10.3. The molecule has 23 heavy (non-hydrogen) atoms. The summed E-state index contributed by atoms with van der Waals surface area (Å²) in [6.07, 6.45) is 3.45. The first-order chi connectivity index (χ1) is 11.2. The molecule has 0 unspecified atom stereocenters. The van der Waals surface area contributed by atoms with Crippen LogP contribution in [-0.4, -0.2) is 28.0 Å². The molecule has 0 saturated heterocycles. The number of hydrogen-bond donors (Lipinski definition) is 3. The van der Waals surface area contributed by atoms with Crippen LogP contribution in [0, 0.1) is 0 Å². The number of fused-ring (bicyclic) bond motifs is 1. The Morgan fingerprint density at radius 3 is 2.74 bits per heavy atom. The van der Waals surface area contributed by atoms with Crippen LogP contribution < -0.4 is 16.0 Å². The van der Waals surface area contributed by atoms with Crippen LogP contribution in [0.2, 0.25) is 0 Å². The van der Waals surface area contributed by atoms with Crippen molar-refractivity contribution in [3.05, 3.63) is 54.4 Å². The first-order valence-corrected chi connectivity index (χ1v) is 7.14. The van der Waals surface area contributed by atoms with E-state index in [4.69, 9.17) is 0 Å². The van der Waals surface area contributed by atoms with Gasteiger partial charge < -0.3 is 16.0 Å². The molecule has 0 saturated carbocycles. The van der Waals surface area contributed by atoms with Crippen LogP contribution in [0.25, 0.3) is 11.0 Å². The van der Waals surface area contributed by atoms with Crippen LogP contribution in [0.4, 0.5) is 16.4 Å². The Bertz CT molecular complexity index is 818. The minimum absolute atomic E-state index is 0.243. The van der Waals surface area contributed by atoms with Gasteiger partial charge in [0, 0.05) is 37.1 Å². The zero-order valence-electron chi connectivity index (χ0n) is 12.6. The molecular formula is C16H16N6O. The molecule has 0 bridgehead atoms. The molecule has 2 aromatic heterocycles. The number of anilines is 2. The summed E-state index contributed by atoms with van der Waals surface area (Å²) in [6.45, 7) is 0.582. The van der Waals surface area contributed by atoms with E-state index in [2.05, 4.69) is 30.9 Å². The Hall–Kier alpha value is -3.22. The van der Waals surface area contributed by atoms with E-state index in [1.54, 1.807) is 19.4 Å². The van der Waals surface area contributed by atoms with Gasteiger partial charge in [-0.15, -0.1) is 0 Å². The number of hydrogen-bond acceptors (Lipinski definition) is 5. The molecule has 7 nitrogen and oxygen atoms in total. The van der Waals surface area contributed by atoms with E-state index in [-0.39, 0.29) is 6.03 Å². The summed E-state index contributed by atoms with van der Waals surface area (Å²) in [7, 11) is 1.58. The number of aromatic nitrogens is 3. The van der Waals surface area contributed by atoms with Gasteiger partial charge in [-0.2, -0.15) is 4.98 Å². The highest BCUT2D eigenvalue weighted by molar-refractivity contribution is 5.88. The SMILES string of the molecule is CNC(=O)Nc1ccc(CNc2ncc3cccnc3n2)cc1. The van der Waals surface area contributed by atoms with Crippen LogP contribution in [0.5, 0.6) is 0 Å². The maximum Gasteiger partial charge on any atom is 0.318 e. The molecule has 3 N–H and O–H groups in total. The topological polar surface area (TPSA) is 91.8 Å². The molecule has 1 aromatic carbocycles. The van der Waals surface area contributed by atoms with Gasteiger partial charge in [-0.1, -0.05) is 12.1 Å². The number of nitrogens with one attached hydrogen (secondary N) is 3. The molecule has 0 aliphatic heterocycles. The maximum absolute atomic E-state index is 11.2. The molecule has 0 spiro atoms. The maximum atomic E-state index is 11.2. The third-order valence-electron chi connectivity index (χ3n) is 3.24. The van der Waals surface area contributed by atoms with Crippen molar-refractivity contribution in [3.63, 3.8) is 0 Å². The van der Waals surface area contributed by atoms with Crippen LogP contribution in [0.15, 0.2) is 48.8 Å². The first kappa shape index (κ1) is 14.7. The Balaban J connectivity index is 1.63. The highest BCUT2D eigenvalue weighted by atomic mass is 16.2. The van der Waals surface area contributed by atoms with Crippen molar-refractivity contribution in [3.8, 4) is 0 Å². The fourth-order valence-corrected chi connectivity index (χ4v) is 2.03. The highest BCUT2D eigenvalue weighted by Gasteiger charge is 2.02. The molecule has 0 aliphatic rings. The fourth-order valence-electron chi connectivity index (χ4n) is 2.03. The van der Waals surface area contributed by atoms with E-state index >= 15 is 0 Å². The van der Waals surface area contributed by atoms with E-state index in [0.717, 1.165) is 16.6 Å². The Morgan fingerprint density at radius 1 is 1.13 bits per heavy atom. The number of carbonyl (C=O) groups is 1. The smallest absolute Gasteiger partial charge is 0.318 e. The fraction of sp³-hybridized carbons (Fsp3) is 0.125. The van der Waals surface area contributed by atoms with Crippen LogP contribution in [0.3, 0.4) is 0 Å². The standard InChI is InChI=1S/C16H16N6O/c1-17-16(23)21-13-6-4-11(5-7-13)9-19-15-20-10-12-3-2-8-18-14(12)22-15/h2-8,10H,9H2,1H3,(H2,17,21,23)(H,18,19,20,22). The number of nitrogens with zero attached hydrogens (tertiary/aromatic N) is 3. The molecule has 3 rings (SSSR count). The summed E-state index contributed by atoms with van der Waals surface area (Å²) in [5.41, 5.74) is 2.45. The zero-order valence-corrected chi connectivity index (χ0v) is 12.6. The van der Waals surface area contributed by atoms with E-state index in [9.17, 15) is 4.79 Å². The van der Waals surface area contributed by atoms with Gasteiger partial charge in [-0.3, -0.25) is 0 Å². The predicted molar refractivity (Wildman–Crippen MR) is 89.2 cm³/mol. The summed E-state index contributed by atoms with van der Waals surface area (Å²) in [4.78, 5) is 24.1. The largest absolute Gasteiger partial charge is 0.350 e. The van der Waals surface area contributed by atoms with Crippen LogP contribution in [-0.2, 0) is 6.54 Å². The lowest BCUT2D eigenvalue weighted by molar-refractivity contribution is 0.254. The molecule has 116 valence electrons. The number of pyridine rings is 1. The lowest BCUT2D eigenvalue weighted by atomic mass is 10.2. The molecule has 0 aliphatic carbocycles. The number of amides is 2. The van der Waals surface area contributed by atoms with Gasteiger partial charge in [0.25, 0.3) is 0 Å². The Kier molecular flexibility index (Phi) is 4.28. The molecule has 3 aromatic rings. The second-order valence-electron chi connectivity index (χ2n) is 4.86. The number of urea groups is 1. The Morgan fingerprint density at radius 2 is 1.96 bits per heavy atom. The second-order valence-corrected chi connectivity index (χ2v) is 4.86. The van der Waals surface area contributed by atoms with E-state index < -0.39 is 0 Å². The van der Waals surface area contributed by atoms with E-state index in [1.807, 2.05) is 36.4 Å². The van der Waals surface area contributed by atoms with Gasteiger partial charge >= 0.3 is 6.03 Å². The van der Waals surface area contributed by atoms with Gasteiger partial charge in [-0.25, -0.2) is 14.8 Å². The molecule has 2 heterocycles. The monoisotopic (exact) mass is 308 g/mol. The van der Waals surface area contributed by atoms with Crippen molar-refractivity contribution >= 4 is 28.7 Å². The average Bonchev–Trinajstić information content (AvgIpc) is 2.61. The third kappa shape index (κ3) is 3.70. The minimum Gasteiger partial charge on any atom is -0.350 e. The lowest BCUT2D eigenvalue weighted by Crippen LogP contribution is -2.24. The second kappa shape index (κ2) is 6.69. The first-order valence-electron chi connectivity index (χ1n) is 7.14. The molecule has 2 amide bonds. The van der Waals surface area contributed by atoms with Crippen molar-refractivity contribution in [2.75, 3.05) is 17.7 Å². The van der Waals surface area contributed by atoms with Gasteiger partial charge in [0.05, 0.1) is 0 Å². The van der Waals surface area contributed by atoms with E-state index in [0.29, 0.717) is 18.1 Å². The minimum atomic E-state index is -0.243. The summed E-state index contributed by atoms with van der Waals surface area (Å²) >= 11 is 0. The third-order valence-corrected chi connectivity index (χ3v) is 3.24. The average molecular weight is 308 g/mol. The lowest BCUT2D eigenvalue weighted by Gasteiger charge is -2.07. The van der Waals surface area contributed by atoms with Crippen molar-refractivity contribution in [2.24, 2.45) is 0 Å². The highest BCUT2D eigenvalue weighted by Crippen LogP contribution is 2.12. The molecular weight excluding hydrogens is 292 g/mol. The van der Waals surface area contributed by atoms with Crippen molar-refractivity contribution in [1.29, 1.82) is 0 Å². The summed E-state index contributed by atoms with van der Waals surface area (Å²) in [5, 5.41) is 9.28. The summed E-state index contributed by atoms with van der Waals surface area (Å²) in [5.74, 6) is 0.531. The van der Waals surface area contributed by atoms with Gasteiger partial charge in [0.2, 0.25) is 5.95 Å². The number of carbonyl (C=O) groups excluding carboxylic acids is 1. The predicted octanol–water partition coefficient (Wildman–Crippen LogP) is 2.39. The number of benzene rings is 1. The molecule has 0 atom stereocenters.